The third-order valence-corrected chi connectivity index (χ3v) is 7.72. The van der Waals surface area contributed by atoms with E-state index in [1.54, 1.807) is 17.7 Å². The number of carbonyl (C=O) groups excluding carboxylic acids is 1. The van der Waals surface area contributed by atoms with Gasteiger partial charge < -0.3 is 14.8 Å². The Bertz CT molecular complexity index is 1150. The first kappa shape index (κ1) is 20.4. The van der Waals surface area contributed by atoms with E-state index in [-0.39, 0.29) is 11.3 Å². The highest BCUT2D eigenvalue weighted by molar-refractivity contribution is 5.83. The largest absolute Gasteiger partial charge is 0.497 e. The van der Waals surface area contributed by atoms with E-state index < -0.39 is 0 Å². The molecule has 3 aromatic rings. The molecule has 7 rings (SSSR count). The minimum Gasteiger partial charge on any atom is -0.497 e. The van der Waals surface area contributed by atoms with Crippen LogP contribution >= 0.6 is 0 Å². The van der Waals surface area contributed by atoms with Gasteiger partial charge in [-0.3, -0.25) is 4.79 Å². The zero-order valence-corrected chi connectivity index (χ0v) is 18.9. The highest BCUT2D eigenvalue weighted by Gasteiger charge is 2.54. The molecule has 4 saturated carbocycles. The molecule has 4 fully saturated rings. The van der Waals surface area contributed by atoms with Crippen molar-refractivity contribution in [3.05, 3.63) is 36.4 Å². The summed E-state index contributed by atoms with van der Waals surface area (Å²) in [5, 5.41) is 16.2. The molecule has 33 heavy (non-hydrogen) atoms. The van der Waals surface area contributed by atoms with E-state index in [1.807, 2.05) is 30.3 Å². The second-order valence-corrected chi connectivity index (χ2v) is 10.00. The summed E-state index contributed by atoms with van der Waals surface area (Å²) in [7, 11) is 1.63. The summed E-state index contributed by atoms with van der Waals surface area (Å²) in [6.07, 6.45) is 7.24. The Morgan fingerprint density at radius 1 is 1.09 bits per heavy atom. The minimum atomic E-state index is -0.125. The fourth-order valence-electron chi connectivity index (χ4n) is 6.69. The SMILES string of the molecule is COc1cccc(-c2nnc3ccc(OCCNC(=O)C45CC6CC(CC(C6)C4)C5)nn23)c1. The number of carbonyl (C=O) groups is 1. The Morgan fingerprint density at radius 2 is 1.85 bits per heavy atom. The Labute approximate surface area is 192 Å². The van der Waals surface area contributed by atoms with Crippen molar-refractivity contribution < 1.29 is 14.3 Å². The van der Waals surface area contributed by atoms with Gasteiger partial charge in [0.05, 0.1) is 13.7 Å². The van der Waals surface area contributed by atoms with Gasteiger partial charge in [-0.25, -0.2) is 0 Å². The van der Waals surface area contributed by atoms with Gasteiger partial charge in [0.25, 0.3) is 0 Å². The summed E-state index contributed by atoms with van der Waals surface area (Å²) in [4.78, 5) is 13.1. The lowest BCUT2D eigenvalue weighted by Crippen LogP contribution is -2.54. The topological polar surface area (TPSA) is 90.6 Å². The van der Waals surface area contributed by atoms with Gasteiger partial charge in [0.2, 0.25) is 11.8 Å². The number of methoxy groups -OCH3 is 1. The van der Waals surface area contributed by atoms with Gasteiger partial charge in [-0.2, -0.15) is 4.52 Å². The number of hydrogen-bond donors (Lipinski definition) is 1. The van der Waals surface area contributed by atoms with Crippen LogP contribution in [0, 0.1) is 23.2 Å². The number of amides is 1. The van der Waals surface area contributed by atoms with Crippen molar-refractivity contribution in [3.8, 4) is 23.0 Å². The number of fused-ring (bicyclic) bond motifs is 1. The fraction of sp³-hybridized carbons (Fsp3) is 0.520. The third kappa shape index (κ3) is 3.71. The second-order valence-electron chi connectivity index (χ2n) is 10.00. The summed E-state index contributed by atoms with van der Waals surface area (Å²) < 4.78 is 12.8. The van der Waals surface area contributed by atoms with Crippen LogP contribution in [0.3, 0.4) is 0 Å². The molecule has 8 nitrogen and oxygen atoms in total. The fourth-order valence-corrected chi connectivity index (χ4v) is 6.69. The number of nitrogens with zero attached hydrogens (tertiary/aromatic N) is 4. The predicted molar refractivity (Wildman–Crippen MR) is 122 cm³/mol. The van der Waals surface area contributed by atoms with Gasteiger partial charge in [-0.15, -0.1) is 15.3 Å². The quantitative estimate of drug-likeness (QED) is 0.558. The van der Waals surface area contributed by atoms with Crippen LogP contribution in [0.15, 0.2) is 36.4 Å². The molecule has 0 spiro atoms. The zero-order chi connectivity index (χ0) is 22.4. The van der Waals surface area contributed by atoms with E-state index in [9.17, 15) is 4.79 Å². The number of nitrogens with one attached hydrogen (secondary N) is 1. The normalized spacial score (nSPS) is 27.6. The number of hydrogen-bond acceptors (Lipinski definition) is 6. The lowest BCUT2D eigenvalue weighted by molar-refractivity contribution is -0.146. The van der Waals surface area contributed by atoms with Crippen molar-refractivity contribution in [3.63, 3.8) is 0 Å². The van der Waals surface area contributed by atoms with Gasteiger partial charge >= 0.3 is 0 Å². The van der Waals surface area contributed by atoms with Crippen LogP contribution in [0.2, 0.25) is 0 Å². The van der Waals surface area contributed by atoms with Gasteiger partial charge in [0, 0.05) is 17.0 Å². The van der Waals surface area contributed by atoms with E-state index in [4.69, 9.17) is 9.47 Å². The summed E-state index contributed by atoms with van der Waals surface area (Å²) in [6.45, 7) is 0.846. The van der Waals surface area contributed by atoms with Gasteiger partial charge in [0.1, 0.15) is 12.4 Å². The second kappa shape index (κ2) is 8.01. The predicted octanol–water partition coefficient (Wildman–Crippen LogP) is 3.51. The molecular weight excluding hydrogens is 418 g/mol. The summed E-state index contributed by atoms with van der Waals surface area (Å²) in [5.41, 5.74) is 1.37. The highest BCUT2D eigenvalue weighted by atomic mass is 16.5. The molecule has 0 saturated heterocycles. The molecule has 172 valence electrons. The maximum atomic E-state index is 13.1. The maximum absolute atomic E-state index is 13.1. The van der Waals surface area contributed by atoms with Gasteiger partial charge in [-0.1, -0.05) is 12.1 Å². The minimum absolute atomic E-state index is 0.125. The molecule has 1 aromatic carbocycles. The number of rotatable bonds is 7. The number of ether oxygens (including phenoxy) is 2. The zero-order valence-electron chi connectivity index (χ0n) is 18.9. The van der Waals surface area contributed by atoms with E-state index in [1.165, 1.54) is 19.3 Å². The van der Waals surface area contributed by atoms with Crippen LogP contribution in [0.1, 0.15) is 38.5 Å². The molecule has 4 aliphatic carbocycles. The van der Waals surface area contributed by atoms with Crippen LogP contribution in [-0.2, 0) is 4.79 Å². The van der Waals surface area contributed by atoms with Crippen molar-refractivity contribution in [2.45, 2.75) is 38.5 Å². The first-order valence-electron chi connectivity index (χ1n) is 11.9. The average molecular weight is 448 g/mol. The standard InChI is InChI=1S/C25H29N5O3/c1-32-20-4-2-3-19(12-20)23-28-27-21-5-6-22(29-30(21)23)33-8-7-26-24(31)25-13-16-9-17(14-25)11-18(10-16)15-25/h2-6,12,16-18H,7-11,13-15H2,1H3,(H,26,31). The van der Waals surface area contributed by atoms with Crippen LogP contribution in [0.4, 0.5) is 0 Å². The number of aromatic nitrogens is 4. The molecule has 8 heteroatoms. The summed E-state index contributed by atoms with van der Waals surface area (Å²) >= 11 is 0. The summed E-state index contributed by atoms with van der Waals surface area (Å²) in [6, 6.07) is 11.2. The van der Waals surface area contributed by atoms with E-state index in [0.717, 1.165) is 48.3 Å². The molecule has 0 radical (unpaired) electrons. The van der Waals surface area contributed by atoms with E-state index in [0.29, 0.717) is 30.5 Å². The molecule has 0 aliphatic heterocycles. The van der Waals surface area contributed by atoms with Crippen LogP contribution in [0.5, 0.6) is 11.6 Å². The van der Waals surface area contributed by atoms with Crippen LogP contribution in [-0.4, -0.2) is 46.0 Å². The van der Waals surface area contributed by atoms with Gasteiger partial charge in [0.15, 0.2) is 11.5 Å². The highest BCUT2D eigenvalue weighted by Crippen LogP contribution is 2.60. The van der Waals surface area contributed by atoms with E-state index in [2.05, 4.69) is 20.6 Å². The van der Waals surface area contributed by atoms with Crippen molar-refractivity contribution in [2.75, 3.05) is 20.3 Å². The average Bonchev–Trinajstić information content (AvgIpc) is 3.24. The van der Waals surface area contributed by atoms with Crippen molar-refractivity contribution in [1.29, 1.82) is 0 Å². The molecule has 2 heterocycles. The first-order chi connectivity index (χ1) is 16.1. The van der Waals surface area contributed by atoms with Crippen molar-refractivity contribution in [2.24, 2.45) is 23.2 Å². The molecule has 1 amide bonds. The van der Waals surface area contributed by atoms with Crippen molar-refractivity contribution in [1.82, 2.24) is 25.1 Å². The molecule has 4 aliphatic rings. The smallest absolute Gasteiger partial charge is 0.231 e. The van der Waals surface area contributed by atoms with Gasteiger partial charge in [-0.05, 0) is 74.5 Å². The monoisotopic (exact) mass is 447 g/mol. The lowest BCUT2D eigenvalue weighted by atomic mass is 9.49. The Hall–Kier alpha value is -3.16. The van der Waals surface area contributed by atoms with Crippen LogP contribution < -0.4 is 14.8 Å². The number of benzene rings is 1. The molecule has 1 N–H and O–H groups in total. The molecule has 0 atom stereocenters. The Kier molecular flexibility index (Phi) is 4.96. The first-order valence-corrected chi connectivity index (χ1v) is 11.9. The van der Waals surface area contributed by atoms with E-state index >= 15 is 0 Å². The Balaban J connectivity index is 1.10. The molecular formula is C25H29N5O3. The molecule has 4 bridgehead atoms. The maximum Gasteiger partial charge on any atom is 0.231 e. The third-order valence-electron chi connectivity index (χ3n) is 7.72. The molecule has 0 unspecified atom stereocenters. The Morgan fingerprint density at radius 3 is 2.58 bits per heavy atom. The summed E-state index contributed by atoms with van der Waals surface area (Å²) in [5.74, 6) is 4.34. The molecule has 2 aromatic heterocycles. The van der Waals surface area contributed by atoms with Crippen molar-refractivity contribution >= 4 is 11.6 Å². The van der Waals surface area contributed by atoms with Crippen LogP contribution in [0.25, 0.3) is 17.0 Å². The lowest BCUT2D eigenvalue weighted by Gasteiger charge is -2.55.